The van der Waals surface area contributed by atoms with Crippen molar-refractivity contribution in [1.82, 2.24) is 4.57 Å². The van der Waals surface area contributed by atoms with Crippen molar-refractivity contribution in [3.05, 3.63) is 56.7 Å². The monoisotopic (exact) mass is 391 g/mol. The van der Waals surface area contributed by atoms with E-state index in [9.17, 15) is 9.59 Å². The van der Waals surface area contributed by atoms with Crippen molar-refractivity contribution in [2.45, 2.75) is 25.2 Å². The zero-order valence-electron chi connectivity index (χ0n) is 13.8. The fraction of sp³-hybridized carbons (Fsp3) is 0.333. The second-order valence-corrected chi connectivity index (χ2v) is 6.63. The molecule has 1 aliphatic carbocycles. The number of hydrogen-bond donors (Lipinski definition) is 0. The Labute approximate surface area is 147 Å². The van der Waals surface area contributed by atoms with Gasteiger partial charge in [-0.1, -0.05) is 31.2 Å². The molecule has 6 heteroatoms. The number of carbonyl (C=O) groups is 1. The topological polar surface area (TPSA) is 61.4 Å². The molecule has 0 spiro atoms. The van der Waals surface area contributed by atoms with E-state index in [1.54, 1.807) is 13.2 Å². The first-order valence-corrected chi connectivity index (χ1v) is 8.49. The average Bonchev–Trinajstić information content (AvgIpc) is 2.95. The van der Waals surface area contributed by atoms with E-state index in [-0.39, 0.29) is 26.6 Å². The summed E-state index contributed by atoms with van der Waals surface area (Å²) in [6.45, 7) is 2.10. The Balaban J connectivity index is 2.42. The van der Waals surface area contributed by atoms with Gasteiger partial charge >= 0.3 is 5.97 Å². The molecule has 3 rings (SSSR count). The number of furan rings is 1. The number of ether oxygens (including phenoxy) is 1. The van der Waals surface area contributed by atoms with Crippen LogP contribution in [0.2, 0.25) is 0 Å². The molecule has 0 aromatic carbocycles. The number of allylic oxidation sites excluding steroid dienone is 4. The third-order valence-electron chi connectivity index (χ3n) is 4.67. The summed E-state index contributed by atoms with van der Waals surface area (Å²) in [4.78, 5) is 24.8. The van der Waals surface area contributed by atoms with Gasteiger partial charge in [0.1, 0.15) is 16.5 Å². The molecule has 24 heavy (non-hydrogen) atoms. The molecule has 0 N–H and O–H groups in total. The second-order valence-electron chi connectivity index (χ2n) is 5.91. The quantitative estimate of drug-likeness (QED) is 0.745. The van der Waals surface area contributed by atoms with Gasteiger partial charge in [-0.3, -0.25) is 4.79 Å². The van der Waals surface area contributed by atoms with Gasteiger partial charge in [0.25, 0.3) is 5.56 Å². The predicted molar refractivity (Wildman–Crippen MR) is 95.4 cm³/mol. The lowest BCUT2D eigenvalue weighted by Gasteiger charge is -2.30. The van der Waals surface area contributed by atoms with Crippen molar-refractivity contribution in [2.75, 3.05) is 7.11 Å². The predicted octanol–water partition coefficient (Wildman–Crippen LogP) is 3.84. The van der Waals surface area contributed by atoms with Gasteiger partial charge in [-0.15, -0.1) is 0 Å². The molecule has 2 aromatic rings. The van der Waals surface area contributed by atoms with Crippen molar-refractivity contribution in [3.63, 3.8) is 0 Å². The highest BCUT2D eigenvalue weighted by molar-refractivity contribution is 9.10. The summed E-state index contributed by atoms with van der Waals surface area (Å²) >= 11 is 3.26. The summed E-state index contributed by atoms with van der Waals surface area (Å²) in [5, 5.41) is 0.254. The fourth-order valence-electron chi connectivity index (χ4n) is 3.24. The molecule has 0 bridgehead atoms. The first kappa shape index (κ1) is 16.8. The number of rotatable bonds is 3. The fourth-order valence-corrected chi connectivity index (χ4v) is 3.76. The maximum atomic E-state index is 12.7. The van der Waals surface area contributed by atoms with Crippen LogP contribution in [-0.2, 0) is 17.2 Å². The Hall–Kier alpha value is -2.08. The van der Waals surface area contributed by atoms with Gasteiger partial charge in [0, 0.05) is 24.2 Å². The van der Waals surface area contributed by atoms with Crippen LogP contribution in [0.5, 0.6) is 0 Å². The normalized spacial score (nSPS) is 19.8. The smallest absolute Gasteiger partial charge is 0.343 e. The molecular formula is C18H18BrNO4. The molecule has 2 heterocycles. The molecule has 0 saturated carbocycles. The number of aryl methyl sites for hydroxylation is 1. The largest absolute Gasteiger partial charge is 0.465 e. The van der Waals surface area contributed by atoms with Crippen molar-refractivity contribution in [3.8, 4) is 0 Å². The molecule has 0 amide bonds. The van der Waals surface area contributed by atoms with Crippen LogP contribution in [0.1, 0.15) is 35.7 Å². The third-order valence-corrected chi connectivity index (χ3v) is 5.23. The van der Waals surface area contributed by atoms with Crippen LogP contribution in [0.15, 0.2) is 44.4 Å². The van der Waals surface area contributed by atoms with Gasteiger partial charge in [-0.2, -0.15) is 0 Å². The Bertz CT molecular complexity index is 935. The minimum absolute atomic E-state index is 0.136. The average molecular weight is 392 g/mol. The van der Waals surface area contributed by atoms with Crippen molar-refractivity contribution in [1.29, 1.82) is 0 Å². The van der Waals surface area contributed by atoms with Gasteiger partial charge in [0.05, 0.1) is 7.11 Å². The molecule has 1 atom stereocenters. The first-order chi connectivity index (χ1) is 11.4. The maximum Gasteiger partial charge on any atom is 0.343 e. The molecule has 0 aliphatic heterocycles. The summed E-state index contributed by atoms with van der Waals surface area (Å²) < 4.78 is 12.3. The van der Waals surface area contributed by atoms with E-state index in [2.05, 4.69) is 35.0 Å². The summed E-state index contributed by atoms with van der Waals surface area (Å²) in [6.07, 6.45) is 11.7. The molecule has 2 aromatic heterocycles. The van der Waals surface area contributed by atoms with Crippen LogP contribution in [0, 0.1) is 0 Å². The van der Waals surface area contributed by atoms with Crippen LogP contribution in [0.25, 0.3) is 11.0 Å². The Morgan fingerprint density at radius 3 is 2.79 bits per heavy atom. The summed E-state index contributed by atoms with van der Waals surface area (Å²) in [7, 11) is 2.96. The van der Waals surface area contributed by atoms with E-state index in [0.29, 0.717) is 5.58 Å². The van der Waals surface area contributed by atoms with Crippen LogP contribution in [0.4, 0.5) is 0 Å². The standard InChI is InChI=1S/C18H18BrNO4/c1-4-18(8-6-5-7-9-18)11-10-20(2)16(21)12-13(17(22)23-3)15(19)24-14(11)12/h5-8,10H,4,9H2,1-3H3. The summed E-state index contributed by atoms with van der Waals surface area (Å²) in [5.74, 6) is -0.598. The van der Waals surface area contributed by atoms with Crippen molar-refractivity contribution < 1.29 is 13.9 Å². The van der Waals surface area contributed by atoms with E-state index < -0.39 is 5.97 Å². The molecule has 1 unspecified atom stereocenters. The maximum absolute atomic E-state index is 12.7. The Morgan fingerprint density at radius 1 is 1.46 bits per heavy atom. The molecule has 0 fully saturated rings. The lowest BCUT2D eigenvalue weighted by molar-refractivity contribution is 0.0600. The summed E-state index contributed by atoms with van der Waals surface area (Å²) in [6, 6.07) is 0. The van der Waals surface area contributed by atoms with Gasteiger partial charge in [0.2, 0.25) is 0 Å². The zero-order valence-corrected chi connectivity index (χ0v) is 15.3. The minimum atomic E-state index is -0.598. The number of hydrogen-bond acceptors (Lipinski definition) is 4. The zero-order chi connectivity index (χ0) is 17.5. The van der Waals surface area contributed by atoms with E-state index in [1.165, 1.54) is 11.7 Å². The van der Waals surface area contributed by atoms with Crippen LogP contribution >= 0.6 is 15.9 Å². The van der Waals surface area contributed by atoms with Gasteiger partial charge in [0.15, 0.2) is 4.67 Å². The first-order valence-electron chi connectivity index (χ1n) is 7.70. The highest BCUT2D eigenvalue weighted by atomic mass is 79.9. The van der Waals surface area contributed by atoms with Crippen LogP contribution in [-0.4, -0.2) is 17.6 Å². The molecular weight excluding hydrogens is 374 g/mol. The van der Waals surface area contributed by atoms with E-state index >= 15 is 0 Å². The highest BCUT2D eigenvalue weighted by Gasteiger charge is 2.34. The number of carbonyl (C=O) groups excluding carboxylic acids is 1. The lowest BCUT2D eigenvalue weighted by atomic mass is 9.73. The number of esters is 1. The highest BCUT2D eigenvalue weighted by Crippen LogP contribution is 2.41. The molecule has 126 valence electrons. The number of fused-ring (bicyclic) bond motifs is 1. The van der Waals surface area contributed by atoms with E-state index in [1.807, 2.05) is 12.2 Å². The SMILES string of the molecule is CCC1(c2cn(C)c(=O)c3c(C(=O)OC)c(Br)oc23)C=CC=CC1. The van der Waals surface area contributed by atoms with Gasteiger partial charge in [-0.25, -0.2) is 4.79 Å². The number of methoxy groups -OCH3 is 1. The Kier molecular flexibility index (Phi) is 4.25. The van der Waals surface area contributed by atoms with Crippen LogP contribution in [0.3, 0.4) is 0 Å². The molecule has 1 aliphatic rings. The molecule has 5 nitrogen and oxygen atoms in total. The molecule has 0 radical (unpaired) electrons. The lowest BCUT2D eigenvalue weighted by Crippen LogP contribution is -2.27. The number of pyridine rings is 1. The minimum Gasteiger partial charge on any atom is -0.465 e. The van der Waals surface area contributed by atoms with E-state index in [4.69, 9.17) is 9.15 Å². The third kappa shape index (κ3) is 2.36. The second kappa shape index (κ2) is 6.09. The van der Waals surface area contributed by atoms with Crippen molar-refractivity contribution >= 4 is 32.9 Å². The van der Waals surface area contributed by atoms with E-state index in [0.717, 1.165) is 18.4 Å². The number of halogens is 1. The number of aromatic nitrogens is 1. The van der Waals surface area contributed by atoms with Crippen LogP contribution < -0.4 is 5.56 Å². The number of nitrogens with zero attached hydrogens (tertiary/aromatic N) is 1. The van der Waals surface area contributed by atoms with Gasteiger partial charge < -0.3 is 13.7 Å². The Morgan fingerprint density at radius 2 is 2.21 bits per heavy atom. The summed E-state index contributed by atoms with van der Waals surface area (Å²) in [5.41, 5.74) is 0.899. The molecule has 0 saturated heterocycles. The van der Waals surface area contributed by atoms with Crippen molar-refractivity contribution in [2.24, 2.45) is 7.05 Å². The van der Waals surface area contributed by atoms with Gasteiger partial charge in [-0.05, 0) is 28.8 Å².